The molecule has 0 bridgehead atoms. The zero-order valence-electron chi connectivity index (χ0n) is 16.7. The first-order chi connectivity index (χ1) is 14.0. The highest BCUT2D eigenvalue weighted by molar-refractivity contribution is 5.93. The Balaban J connectivity index is 1.47. The van der Waals surface area contributed by atoms with E-state index in [1.165, 1.54) is 18.0 Å². The zero-order chi connectivity index (χ0) is 20.6. The Bertz CT molecular complexity index is 957. The molecule has 0 unspecified atom stereocenters. The largest absolute Gasteiger partial charge is 0.497 e. The van der Waals surface area contributed by atoms with E-state index in [0.29, 0.717) is 30.4 Å². The van der Waals surface area contributed by atoms with Crippen LogP contribution in [0.25, 0.3) is 0 Å². The fraction of sp³-hybridized carbons (Fsp3) is 0.227. The first-order valence-corrected chi connectivity index (χ1v) is 9.26. The SMILES string of the molecule is COc1ccc(OCCNC(=O)c2cnc(Nc3ccc(C)cc3C)nc2)cc1. The molecule has 150 valence electrons. The predicted octanol–water partition coefficient (Wildman–Crippen LogP) is 3.65. The number of carbonyl (C=O) groups excluding carboxylic acids is 1. The highest BCUT2D eigenvalue weighted by atomic mass is 16.5. The summed E-state index contributed by atoms with van der Waals surface area (Å²) in [4.78, 5) is 20.7. The summed E-state index contributed by atoms with van der Waals surface area (Å²) < 4.78 is 10.7. The normalized spacial score (nSPS) is 10.3. The molecule has 2 N–H and O–H groups in total. The van der Waals surface area contributed by atoms with Gasteiger partial charge in [-0.2, -0.15) is 0 Å². The fourth-order valence-electron chi connectivity index (χ4n) is 2.69. The number of rotatable bonds is 8. The Kier molecular flexibility index (Phi) is 6.63. The minimum atomic E-state index is -0.249. The van der Waals surface area contributed by atoms with Gasteiger partial charge in [0.1, 0.15) is 18.1 Å². The first kappa shape index (κ1) is 20.1. The number of nitrogens with zero attached hydrogens (tertiary/aromatic N) is 2. The van der Waals surface area contributed by atoms with Gasteiger partial charge in [0.25, 0.3) is 5.91 Å². The molecule has 1 heterocycles. The van der Waals surface area contributed by atoms with Crippen LogP contribution in [0.15, 0.2) is 54.9 Å². The van der Waals surface area contributed by atoms with Gasteiger partial charge in [-0.15, -0.1) is 0 Å². The van der Waals surface area contributed by atoms with Crippen LogP contribution in [-0.4, -0.2) is 36.1 Å². The molecular weight excluding hydrogens is 368 g/mol. The highest BCUT2D eigenvalue weighted by Crippen LogP contribution is 2.19. The van der Waals surface area contributed by atoms with Crippen LogP contribution in [0.1, 0.15) is 21.5 Å². The smallest absolute Gasteiger partial charge is 0.254 e. The van der Waals surface area contributed by atoms with Crippen LogP contribution >= 0.6 is 0 Å². The second kappa shape index (κ2) is 9.54. The Hall–Kier alpha value is -3.61. The Morgan fingerprint density at radius 2 is 1.69 bits per heavy atom. The van der Waals surface area contributed by atoms with Gasteiger partial charge < -0.3 is 20.1 Å². The molecule has 0 aliphatic carbocycles. The van der Waals surface area contributed by atoms with Crippen LogP contribution in [0, 0.1) is 13.8 Å². The molecule has 2 aromatic carbocycles. The summed E-state index contributed by atoms with van der Waals surface area (Å²) in [5.74, 6) is 1.67. The lowest BCUT2D eigenvalue weighted by Gasteiger charge is -2.10. The Labute approximate surface area is 170 Å². The van der Waals surface area contributed by atoms with Crippen molar-refractivity contribution in [2.24, 2.45) is 0 Å². The molecule has 7 nitrogen and oxygen atoms in total. The number of methoxy groups -OCH3 is 1. The van der Waals surface area contributed by atoms with Crippen LogP contribution in [0.3, 0.4) is 0 Å². The van der Waals surface area contributed by atoms with Crippen LogP contribution < -0.4 is 20.1 Å². The van der Waals surface area contributed by atoms with Crippen molar-refractivity contribution < 1.29 is 14.3 Å². The molecule has 1 amide bonds. The molecule has 29 heavy (non-hydrogen) atoms. The van der Waals surface area contributed by atoms with Crippen LogP contribution in [0.4, 0.5) is 11.6 Å². The number of hydrogen-bond donors (Lipinski definition) is 2. The molecule has 1 aromatic heterocycles. The Morgan fingerprint density at radius 1 is 1.00 bits per heavy atom. The number of ether oxygens (including phenoxy) is 2. The van der Waals surface area contributed by atoms with E-state index in [9.17, 15) is 4.79 Å². The van der Waals surface area contributed by atoms with Crippen molar-refractivity contribution in [1.29, 1.82) is 0 Å². The minimum Gasteiger partial charge on any atom is -0.497 e. The second-order valence-electron chi connectivity index (χ2n) is 6.52. The lowest BCUT2D eigenvalue weighted by Crippen LogP contribution is -2.28. The van der Waals surface area contributed by atoms with E-state index in [0.717, 1.165) is 17.0 Å². The van der Waals surface area contributed by atoms with Gasteiger partial charge in [-0.25, -0.2) is 9.97 Å². The molecular formula is C22H24N4O3. The number of anilines is 2. The topological polar surface area (TPSA) is 85.4 Å². The summed E-state index contributed by atoms with van der Waals surface area (Å²) in [5.41, 5.74) is 3.62. The number of benzene rings is 2. The maximum absolute atomic E-state index is 12.2. The molecule has 0 aliphatic heterocycles. The van der Waals surface area contributed by atoms with Crippen molar-refractivity contribution in [3.8, 4) is 11.5 Å². The zero-order valence-corrected chi connectivity index (χ0v) is 16.7. The van der Waals surface area contributed by atoms with Crippen LogP contribution in [0.2, 0.25) is 0 Å². The lowest BCUT2D eigenvalue weighted by molar-refractivity contribution is 0.0946. The van der Waals surface area contributed by atoms with E-state index >= 15 is 0 Å². The maximum atomic E-state index is 12.2. The number of nitrogens with one attached hydrogen (secondary N) is 2. The van der Waals surface area contributed by atoms with Crippen molar-refractivity contribution in [2.45, 2.75) is 13.8 Å². The summed E-state index contributed by atoms with van der Waals surface area (Å²) in [6, 6.07) is 13.4. The summed E-state index contributed by atoms with van der Waals surface area (Å²) in [7, 11) is 1.61. The van der Waals surface area contributed by atoms with E-state index < -0.39 is 0 Å². The number of amides is 1. The molecule has 0 atom stereocenters. The molecule has 0 spiro atoms. The van der Waals surface area contributed by atoms with E-state index in [4.69, 9.17) is 9.47 Å². The van der Waals surface area contributed by atoms with Crippen molar-refractivity contribution in [2.75, 3.05) is 25.6 Å². The number of hydrogen-bond acceptors (Lipinski definition) is 6. The van der Waals surface area contributed by atoms with Crippen molar-refractivity contribution in [3.63, 3.8) is 0 Å². The number of aryl methyl sites for hydroxylation is 2. The third-order valence-electron chi connectivity index (χ3n) is 4.26. The van der Waals surface area contributed by atoms with Crippen molar-refractivity contribution in [3.05, 3.63) is 71.5 Å². The summed E-state index contributed by atoms with van der Waals surface area (Å²) in [6.45, 7) is 4.78. The van der Waals surface area contributed by atoms with Gasteiger partial charge in [-0.05, 0) is 49.7 Å². The lowest BCUT2D eigenvalue weighted by atomic mass is 10.1. The van der Waals surface area contributed by atoms with Crippen LogP contribution in [-0.2, 0) is 0 Å². The number of carbonyl (C=O) groups is 1. The summed E-state index contributed by atoms with van der Waals surface area (Å²) >= 11 is 0. The summed E-state index contributed by atoms with van der Waals surface area (Å²) in [6.07, 6.45) is 3.00. The van der Waals surface area contributed by atoms with E-state index in [1.54, 1.807) is 7.11 Å². The molecule has 7 heteroatoms. The third kappa shape index (κ3) is 5.68. The van der Waals surface area contributed by atoms with Gasteiger partial charge in [0.05, 0.1) is 19.2 Å². The van der Waals surface area contributed by atoms with Gasteiger partial charge in [0.2, 0.25) is 5.95 Å². The molecule has 0 saturated carbocycles. The quantitative estimate of drug-likeness (QED) is 0.569. The second-order valence-corrected chi connectivity index (χ2v) is 6.52. The van der Waals surface area contributed by atoms with Gasteiger partial charge >= 0.3 is 0 Å². The Morgan fingerprint density at radius 3 is 2.34 bits per heavy atom. The van der Waals surface area contributed by atoms with Gasteiger partial charge in [-0.3, -0.25) is 4.79 Å². The van der Waals surface area contributed by atoms with Crippen molar-refractivity contribution >= 4 is 17.5 Å². The standard InChI is InChI=1S/C22H24N4O3/c1-15-4-9-20(16(2)12-15)26-22-24-13-17(14-25-22)21(27)23-10-11-29-19-7-5-18(28-3)6-8-19/h4-9,12-14H,10-11H2,1-3H3,(H,23,27)(H,24,25,26). The van der Waals surface area contributed by atoms with Gasteiger partial charge in [0.15, 0.2) is 0 Å². The number of aromatic nitrogens is 2. The van der Waals surface area contributed by atoms with Gasteiger partial charge in [0, 0.05) is 18.1 Å². The monoisotopic (exact) mass is 392 g/mol. The molecule has 3 rings (SSSR count). The highest BCUT2D eigenvalue weighted by Gasteiger charge is 2.08. The van der Waals surface area contributed by atoms with E-state index in [-0.39, 0.29) is 5.91 Å². The average molecular weight is 392 g/mol. The van der Waals surface area contributed by atoms with Crippen molar-refractivity contribution in [1.82, 2.24) is 15.3 Å². The molecule has 0 saturated heterocycles. The van der Waals surface area contributed by atoms with Crippen LogP contribution in [0.5, 0.6) is 11.5 Å². The third-order valence-corrected chi connectivity index (χ3v) is 4.26. The van der Waals surface area contributed by atoms with E-state index in [2.05, 4.69) is 26.7 Å². The first-order valence-electron chi connectivity index (χ1n) is 9.26. The molecule has 0 radical (unpaired) electrons. The predicted molar refractivity (Wildman–Crippen MR) is 112 cm³/mol. The van der Waals surface area contributed by atoms with Gasteiger partial charge in [-0.1, -0.05) is 17.7 Å². The van der Waals surface area contributed by atoms with E-state index in [1.807, 2.05) is 50.2 Å². The summed E-state index contributed by atoms with van der Waals surface area (Å²) in [5, 5.41) is 5.95. The maximum Gasteiger partial charge on any atom is 0.254 e. The molecule has 3 aromatic rings. The molecule has 0 fully saturated rings. The molecule has 0 aliphatic rings. The average Bonchev–Trinajstić information content (AvgIpc) is 2.74. The minimum absolute atomic E-state index is 0.249. The fourth-order valence-corrected chi connectivity index (χ4v) is 2.69.